The number of esters is 3. The molecule has 0 aliphatic heterocycles. The molecule has 0 aliphatic rings. The smallest absolute Gasteiger partial charge is 0.330 e. The van der Waals surface area contributed by atoms with Crippen molar-refractivity contribution < 1.29 is 43.3 Å². The highest BCUT2D eigenvalue weighted by atomic mass is 16.6. The SMILES string of the molecule is CC(=O)N[C@H](C(=O)O)[C@H](OC(C)=O)[C@@H](COC(C)=O)OC(C)=O. The molecule has 1 amide bonds. The summed E-state index contributed by atoms with van der Waals surface area (Å²) >= 11 is 0. The molecular weight excluding hydrogens is 314 g/mol. The lowest BCUT2D eigenvalue weighted by molar-refractivity contribution is -0.179. The number of nitrogens with one attached hydrogen (secondary N) is 1. The predicted molar refractivity (Wildman–Crippen MR) is 73.0 cm³/mol. The molecule has 0 rings (SSSR count). The third kappa shape index (κ3) is 8.39. The number of carboxylic acid groups (broad SMARTS) is 1. The Bertz CT molecular complexity index is 488. The molecule has 0 saturated carbocycles. The fourth-order valence-electron chi connectivity index (χ4n) is 1.66. The molecule has 0 heterocycles. The van der Waals surface area contributed by atoms with Crippen molar-refractivity contribution in [3.8, 4) is 0 Å². The van der Waals surface area contributed by atoms with E-state index >= 15 is 0 Å². The van der Waals surface area contributed by atoms with Gasteiger partial charge in [0.05, 0.1) is 0 Å². The van der Waals surface area contributed by atoms with Crippen molar-refractivity contribution >= 4 is 29.8 Å². The first-order chi connectivity index (χ1) is 10.5. The van der Waals surface area contributed by atoms with Crippen LogP contribution in [0.25, 0.3) is 0 Å². The van der Waals surface area contributed by atoms with Gasteiger partial charge in [-0.3, -0.25) is 19.2 Å². The lowest BCUT2D eigenvalue weighted by atomic mass is 10.1. The molecule has 0 spiro atoms. The Morgan fingerprint density at radius 2 is 1.43 bits per heavy atom. The largest absolute Gasteiger partial charge is 0.480 e. The number of carboxylic acids is 1. The quantitative estimate of drug-likeness (QED) is 0.422. The van der Waals surface area contributed by atoms with E-state index in [1.165, 1.54) is 0 Å². The van der Waals surface area contributed by atoms with Crippen LogP contribution in [0.1, 0.15) is 27.7 Å². The number of hydrogen-bond acceptors (Lipinski definition) is 8. The second kappa shape index (κ2) is 9.38. The van der Waals surface area contributed by atoms with Crippen LogP contribution >= 0.6 is 0 Å². The summed E-state index contributed by atoms with van der Waals surface area (Å²) < 4.78 is 14.4. The Morgan fingerprint density at radius 1 is 0.913 bits per heavy atom. The molecule has 0 bridgehead atoms. The molecule has 23 heavy (non-hydrogen) atoms. The molecule has 0 aromatic heterocycles. The highest BCUT2D eigenvalue weighted by Gasteiger charge is 2.40. The molecule has 10 nitrogen and oxygen atoms in total. The van der Waals surface area contributed by atoms with E-state index in [9.17, 15) is 29.1 Å². The molecule has 0 saturated heterocycles. The summed E-state index contributed by atoms with van der Waals surface area (Å²) in [6.45, 7) is 3.66. The minimum Gasteiger partial charge on any atom is -0.480 e. The molecule has 0 fully saturated rings. The van der Waals surface area contributed by atoms with Crippen molar-refractivity contribution in [3.05, 3.63) is 0 Å². The molecule has 2 N–H and O–H groups in total. The van der Waals surface area contributed by atoms with Crippen LogP contribution in [0.15, 0.2) is 0 Å². The Labute approximate surface area is 132 Å². The van der Waals surface area contributed by atoms with Crippen molar-refractivity contribution in [2.45, 2.75) is 45.9 Å². The van der Waals surface area contributed by atoms with Gasteiger partial charge < -0.3 is 24.6 Å². The van der Waals surface area contributed by atoms with Crippen LogP contribution in [0.4, 0.5) is 0 Å². The summed E-state index contributed by atoms with van der Waals surface area (Å²) in [5.41, 5.74) is 0. The van der Waals surface area contributed by atoms with E-state index in [4.69, 9.17) is 9.47 Å². The maximum Gasteiger partial charge on any atom is 0.330 e. The number of carbonyl (C=O) groups excluding carboxylic acids is 4. The van der Waals surface area contributed by atoms with Crippen molar-refractivity contribution in [2.24, 2.45) is 0 Å². The maximum atomic E-state index is 11.3. The average Bonchev–Trinajstić information content (AvgIpc) is 2.37. The third-order valence-corrected chi connectivity index (χ3v) is 2.39. The van der Waals surface area contributed by atoms with Gasteiger partial charge in [0.1, 0.15) is 6.61 Å². The molecule has 0 aromatic rings. The van der Waals surface area contributed by atoms with E-state index in [0.29, 0.717) is 0 Å². The van der Waals surface area contributed by atoms with Crippen LogP contribution in [0.2, 0.25) is 0 Å². The van der Waals surface area contributed by atoms with Gasteiger partial charge in [0.2, 0.25) is 5.91 Å². The number of hydrogen-bond donors (Lipinski definition) is 2. The summed E-state index contributed by atoms with van der Waals surface area (Å²) in [6, 6.07) is -1.70. The maximum absolute atomic E-state index is 11.3. The Kier molecular flexibility index (Phi) is 8.30. The summed E-state index contributed by atoms with van der Waals surface area (Å²) in [5, 5.41) is 11.3. The van der Waals surface area contributed by atoms with Crippen LogP contribution in [0, 0.1) is 0 Å². The fraction of sp³-hybridized carbons (Fsp3) is 0.615. The molecule has 0 aromatic carbocycles. The van der Waals surface area contributed by atoms with Crippen molar-refractivity contribution in [1.82, 2.24) is 5.32 Å². The van der Waals surface area contributed by atoms with Crippen LogP contribution in [0.3, 0.4) is 0 Å². The zero-order valence-corrected chi connectivity index (χ0v) is 13.2. The van der Waals surface area contributed by atoms with Gasteiger partial charge in [-0.05, 0) is 0 Å². The van der Waals surface area contributed by atoms with E-state index in [0.717, 1.165) is 27.7 Å². The van der Waals surface area contributed by atoms with Gasteiger partial charge in [-0.1, -0.05) is 0 Å². The number of rotatable bonds is 8. The molecule has 0 radical (unpaired) electrons. The van der Waals surface area contributed by atoms with E-state index in [1.807, 2.05) is 0 Å². The van der Waals surface area contributed by atoms with Crippen molar-refractivity contribution in [1.29, 1.82) is 0 Å². The first kappa shape index (κ1) is 20.3. The highest BCUT2D eigenvalue weighted by Crippen LogP contribution is 2.12. The van der Waals surface area contributed by atoms with Gasteiger partial charge in [0.25, 0.3) is 0 Å². The average molecular weight is 333 g/mol. The Balaban J connectivity index is 5.55. The summed E-state index contributed by atoms with van der Waals surface area (Å²) in [5.74, 6) is -4.62. The van der Waals surface area contributed by atoms with Crippen molar-refractivity contribution in [3.63, 3.8) is 0 Å². The van der Waals surface area contributed by atoms with E-state index in [1.54, 1.807) is 0 Å². The van der Waals surface area contributed by atoms with Crippen LogP contribution in [-0.4, -0.2) is 59.7 Å². The van der Waals surface area contributed by atoms with Gasteiger partial charge >= 0.3 is 23.9 Å². The fourth-order valence-corrected chi connectivity index (χ4v) is 1.66. The first-order valence-corrected chi connectivity index (χ1v) is 6.52. The predicted octanol–water partition coefficient (Wildman–Crippen LogP) is -0.998. The lowest BCUT2D eigenvalue weighted by Crippen LogP contribution is -2.56. The molecular formula is C13H19NO9. The topological polar surface area (TPSA) is 145 Å². The number of amides is 1. The Morgan fingerprint density at radius 3 is 1.78 bits per heavy atom. The Hall–Kier alpha value is -2.65. The summed E-state index contributed by atoms with van der Waals surface area (Å²) in [6.07, 6.45) is -3.00. The molecule has 3 atom stereocenters. The molecule has 130 valence electrons. The normalized spacial score (nSPS) is 13.9. The highest BCUT2D eigenvalue weighted by molar-refractivity contribution is 5.83. The number of carbonyl (C=O) groups is 5. The molecule has 0 unspecified atom stereocenters. The van der Waals surface area contributed by atoms with E-state index in [-0.39, 0.29) is 0 Å². The summed E-state index contributed by atoms with van der Waals surface area (Å²) in [4.78, 5) is 55.8. The van der Waals surface area contributed by atoms with Gasteiger partial charge in [-0.15, -0.1) is 0 Å². The van der Waals surface area contributed by atoms with Crippen LogP contribution in [-0.2, 0) is 38.2 Å². The van der Waals surface area contributed by atoms with E-state index in [2.05, 4.69) is 10.1 Å². The third-order valence-electron chi connectivity index (χ3n) is 2.39. The minimum absolute atomic E-state index is 0.545. The standard InChI is InChI=1S/C13H19NO9/c1-6(15)14-11(13(19)20)12(23-9(4)18)10(22-8(3)17)5-21-7(2)16/h10-12H,5H2,1-4H3,(H,14,15)(H,19,20)/t10-,11+,12-/m1/s1. The van der Waals surface area contributed by atoms with Gasteiger partial charge in [0, 0.05) is 27.7 Å². The van der Waals surface area contributed by atoms with Crippen molar-refractivity contribution in [2.75, 3.05) is 6.61 Å². The van der Waals surface area contributed by atoms with Gasteiger partial charge in [-0.2, -0.15) is 0 Å². The van der Waals surface area contributed by atoms with Gasteiger partial charge in [-0.25, -0.2) is 4.79 Å². The second-order valence-electron chi connectivity index (χ2n) is 4.54. The monoisotopic (exact) mass is 333 g/mol. The van der Waals surface area contributed by atoms with Crippen LogP contribution in [0.5, 0.6) is 0 Å². The van der Waals surface area contributed by atoms with Crippen LogP contribution < -0.4 is 5.32 Å². The summed E-state index contributed by atoms with van der Waals surface area (Å²) in [7, 11) is 0. The molecule has 10 heteroatoms. The minimum atomic E-state index is -1.70. The first-order valence-electron chi connectivity index (χ1n) is 6.52. The molecule has 0 aliphatic carbocycles. The number of ether oxygens (including phenoxy) is 3. The zero-order valence-electron chi connectivity index (χ0n) is 13.2. The zero-order chi connectivity index (χ0) is 18.2. The van der Waals surface area contributed by atoms with Gasteiger partial charge in [0.15, 0.2) is 18.2 Å². The lowest BCUT2D eigenvalue weighted by Gasteiger charge is -2.30. The second-order valence-corrected chi connectivity index (χ2v) is 4.54. The number of aliphatic carboxylic acids is 1. The van der Waals surface area contributed by atoms with E-state index < -0.39 is 54.6 Å².